The molecule has 118 valence electrons. The number of carbonyl (C=O) groups is 1. The van der Waals surface area contributed by atoms with Crippen LogP contribution in [0.15, 0.2) is 47.6 Å². The minimum Gasteiger partial charge on any atom is -0.338 e. The maximum Gasteiger partial charge on any atom is 0.314 e. The third kappa shape index (κ3) is 6.41. The molecule has 7 heteroatoms. The van der Waals surface area contributed by atoms with Crippen molar-refractivity contribution in [3.63, 3.8) is 0 Å². The number of rotatable bonds is 8. The smallest absolute Gasteiger partial charge is 0.314 e. The van der Waals surface area contributed by atoms with E-state index in [0.717, 1.165) is 28.6 Å². The lowest BCUT2D eigenvalue weighted by Crippen LogP contribution is -2.37. The van der Waals surface area contributed by atoms with E-state index in [2.05, 4.69) is 15.7 Å². The highest BCUT2D eigenvalue weighted by molar-refractivity contribution is 7.99. The number of hydrogen-bond acceptors (Lipinski definition) is 3. The molecule has 0 bridgehead atoms. The van der Waals surface area contributed by atoms with Gasteiger partial charge in [-0.15, -0.1) is 11.8 Å². The Morgan fingerprint density at radius 3 is 2.73 bits per heavy atom. The van der Waals surface area contributed by atoms with Crippen molar-refractivity contribution >= 4 is 29.4 Å². The highest BCUT2D eigenvalue weighted by Crippen LogP contribution is 2.19. The number of aromatic nitrogens is 2. The quantitative estimate of drug-likeness (QED) is 0.574. The molecule has 0 unspecified atom stereocenters. The summed E-state index contributed by atoms with van der Waals surface area (Å²) >= 11 is 7.51. The maximum absolute atomic E-state index is 11.6. The lowest BCUT2D eigenvalue weighted by atomic mass is 10.4. The maximum atomic E-state index is 11.6. The summed E-state index contributed by atoms with van der Waals surface area (Å²) in [6, 6.07) is 9.44. The molecule has 2 rings (SSSR count). The molecule has 0 spiro atoms. The van der Waals surface area contributed by atoms with Crippen molar-refractivity contribution in [3.05, 3.63) is 47.7 Å². The fourth-order valence-electron chi connectivity index (χ4n) is 1.80. The van der Waals surface area contributed by atoms with E-state index in [-0.39, 0.29) is 6.03 Å². The molecule has 0 fully saturated rings. The summed E-state index contributed by atoms with van der Waals surface area (Å²) in [5, 5.41) is 10.5. The molecule has 0 aliphatic heterocycles. The number of halogens is 1. The lowest BCUT2D eigenvalue weighted by Gasteiger charge is -2.07. The molecule has 22 heavy (non-hydrogen) atoms. The van der Waals surface area contributed by atoms with Crippen LogP contribution in [-0.4, -0.2) is 34.7 Å². The first-order chi connectivity index (χ1) is 10.7. The number of benzene rings is 1. The van der Waals surface area contributed by atoms with Gasteiger partial charge in [0.05, 0.1) is 0 Å². The summed E-state index contributed by atoms with van der Waals surface area (Å²) in [6.45, 7) is 2.06. The first-order valence-electron chi connectivity index (χ1n) is 7.11. The Labute approximate surface area is 139 Å². The molecule has 2 N–H and O–H groups in total. The van der Waals surface area contributed by atoms with Gasteiger partial charge in [-0.2, -0.15) is 5.10 Å². The van der Waals surface area contributed by atoms with E-state index < -0.39 is 0 Å². The zero-order valence-electron chi connectivity index (χ0n) is 12.2. The summed E-state index contributed by atoms with van der Waals surface area (Å²) < 4.78 is 1.85. The van der Waals surface area contributed by atoms with Gasteiger partial charge in [0.1, 0.15) is 0 Å². The van der Waals surface area contributed by atoms with Crippen molar-refractivity contribution in [3.8, 4) is 0 Å². The van der Waals surface area contributed by atoms with Crippen molar-refractivity contribution in [2.75, 3.05) is 18.8 Å². The highest BCUT2D eigenvalue weighted by Gasteiger charge is 2.00. The summed E-state index contributed by atoms with van der Waals surface area (Å²) in [7, 11) is 0. The number of hydrogen-bond donors (Lipinski definition) is 2. The normalized spacial score (nSPS) is 10.4. The zero-order valence-corrected chi connectivity index (χ0v) is 13.7. The molecule has 0 atom stereocenters. The van der Waals surface area contributed by atoms with Gasteiger partial charge < -0.3 is 10.6 Å². The molecular formula is C15H19ClN4OS. The standard InChI is InChI=1S/C15H19ClN4OS/c16-13-3-5-14(6-4-13)22-12-9-18-15(21)17-7-1-10-20-11-2-8-19-20/h2-6,8,11H,1,7,9-10,12H2,(H2,17,18,21). The van der Waals surface area contributed by atoms with Crippen LogP contribution in [0.5, 0.6) is 0 Å². The van der Waals surface area contributed by atoms with E-state index in [4.69, 9.17) is 11.6 Å². The highest BCUT2D eigenvalue weighted by atomic mass is 35.5. The van der Waals surface area contributed by atoms with Crippen LogP contribution in [0, 0.1) is 0 Å². The molecule has 0 saturated heterocycles. The first kappa shape index (κ1) is 16.7. The lowest BCUT2D eigenvalue weighted by molar-refractivity contribution is 0.241. The number of urea groups is 1. The van der Waals surface area contributed by atoms with Crippen LogP contribution < -0.4 is 10.6 Å². The minimum atomic E-state index is -0.128. The number of aryl methyl sites for hydroxylation is 1. The number of nitrogens with one attached hydrogen (secondary N) is 2. The molecule has 1 heterocycles. The SMILES string of the molecule is O=C(NCCCn1cccn1)NCCSc1ccc(Cl)cc1. The van der Waals surface area contributed by atoms with Crippen LogP contribution in [0.4, 0.5) is 4.79 Å². The summed E-state index contributed by atoms with van der Waals surface area (Å²) in [4.78, 5) is 12.7. The molecule has 5 nitrogen and oxygen atoms in total. The van der Waals surface area contributed by atoms with Crippen molar-refractivity contribution in [1.29, 1.82) is 0 Å². The number of amides is 2. The fourth-order valence-corrected chi connectivity index (χ4v) is 2.70. The Morgan fingerprint density at radius 1 is 1.23 bits per heavy atom. The van der Waals surface area contributed by atoms with E-state index in [1.54, 1.807) is 18.0 Å². The summed E-state index contributed by atoms with van der Waals surface area (Å²) in [5.74, 6) is 0.822. The minimum absolute atomic E-state index is 0.128. The van der Waals surface area contributed by atoms with E-state index in [1.807, 2.05) is 41.2 Å². The van der Waals surface area contributed by atoms with Crippen LogP contribution >= 0.6 is 23.4 Å². The van der Waals surface area contributed by atoms with Crippen LogP contribution in [-0.2, 0) is 6.54 Å². The van der Waals surface area contributed by atoms with Gasteiger partial charge in [0.25, 0.3) is 0 Å². The molecular weight excluding hydrogens is 320 g/mol. The second-order valence-corrected chi connectivity index (χ2v) is 6.21. The van der Waals surface area contributed by atoms with Gasteiger partial charge in [-0.25, -0.2) is 4.79 Å². The third-order valence-electron chi connectivity index (χ3n) is 2.88. The molecule has 1 aromatic heterocycles. The van der Waals surface area contributed by atoms with E-state index in [0.29, 0.717) is 13.1 Å². The molecule has 2 amide bonds. The van der Waals surface area contributed by atoms with Gasteiger partial charge in [-0.3, -0.25) is 4.68 Å². The van der Waals surface area contributed by atoms with Gasteiger partial charge in [0.2, 0.25) is 0 Å². The van der Waals surface area contributed by atoms with Crippen LogP contribution in [0.1, 0.15) is 6.42 Å². The Balaban J connectivity index is 1.49. The first-order valence-corrected chi connectivity index (χ1v) is 8.48. The number of carbonyl (C=O) groups excluding carboxylic acids is 1. The Kier molecular flexibility index (Phi) is 7.12. The van der Waals surface area contributed by atoms with E-state index in [1.165, 1.54) is 0 Å². The van der Waals surface area contributed by atoms with Crippen molar-refractivity contribution in [1.82, 2.24) is 20.4 Å². The molecule has 0 saturated carbocycles. The summed E-state index contributed by atoms with van der Waals surface area (Å²) in [6.07, 6.45) is 4.52. The molecule has 0 radical (unpaired) electrons. The average Bonchev–Trinajstić information content (AvgIpc) is 3.03. The van der Waals surface area contributed by atoms with Gasteiger partial charge in [0, 0.05) is 47.7 Å². The van der Waals surface area contributed by atoms with E-state index in [9.17, 15) is 4.79 Å². The predicted molar refractivity (Wildman–Crippen MR) is 90.4 cm³/mol. The average molecular weight is 339 g/mol. The Bertz CT molecular complexity index is 559. The summed E-state index contributed by atoms with van der Waals surface area (Å²) in [5.41, 5.74) is 0. The topological polar surface area (TPSA) is 59.0 Å². The van der Waals surface area contributed by atoms with Crippen LogP contribution in [0.3, 0.4) is 0 Å². The van der Waals surface area contributed by atoms with Crippen molar-refractivity contribution in [2.24, 2.45) is 0 Å². The number of nitrogens with zero attached hydrogens (tertiary/aromatic N) is 2. The third-order valence-corrected chi connectivity index (χ3v) is 4.14. The van der Waals surface area contributed by atoms with Crippen molar-refractivity contribution < 1.29 is 4.79 Å². The zero-order chi connectivity index (χ0) is 15.6. The van der Waals surface area contributed by atoms with Crippen LogP contribution in [0.2, 0.25) is 5.02 Å². The fraction of sp³-hybridized carbons (Fsp3) is 0.333. The Morgan fingerprint density at radius 2 is 2.00 bits per heavy atom. The Hall–Kier alpha value is -1.66. The molecule has 2 aromatic rings. The largest absolute Gasteiger partial charge is 0.338 e. The van der Waals surface area contributed by atoms with E-state index >= 15 is 0 Å². The van der Waals surface area contributed by atoms with Crippen LogP contribution in [0.25, 0.3) is 0 Å². The van der Waals surface area contributed by atoms with Gasteiger partial charge >= 0.3 is 6.03 Å². The second-order valence-electron chi connectivity index (χ2n) is 4.61. The molecule has 0 aliphatic rings. The van der Waals surface area contributed by atoms with Gasteiger partial charge in [-0.1, -0.05) is 11.6 Å². The predicted octanol–water partition coefficient (Wildman–Crippen LogP) is 3.02. The number of thioether (sulfide) groups is 1. The molecule has 1 aromatic carbocycles. The monoisotopic (exact) mass is 338 g/mol. The molecule has 0 aliphatic carbocycles. The van der Waals surface area contributed by atoms with Crippen molar-refractivity contribution in [2.45, 2.75) is 17.9 Å². The second kappa shape index (κ2) is 9.38. The van der Waals surface area contributed by atoms with Gasteiger partial charge in [0.15, 0.2) is 0 Å². The van der Waals surface area contributed by atoms with Gasteiger partial charge in [-0.05, 0) is 36.8 Å².